The number of nitrogens with one attached hydrogen (secondary N) is 1. The van der Waals surface area contributed by atoms with E-state index in [1.54, 1.807) is 12.1 Å². The summed E-state index contributed by atoms with van der Waals surface area (Å²) >= 11 is 1.26. The predicted molar refractivity (Wildman–Crippen MR) is 90.0 cm³/mol. The number of amides is 1. The van der Waals surface area contributed by atoms with Crippen LogP contribution in [-0.2, 0) is 0 Å². The first kappa shape index (κ1) is 15.9. The second kappa shape index (κ2) is 6.66. The summed E-state index contributed by atoms with van der Waals surface area (Å²) in [6.07, 6.45) is 7.93. The van der Waals surface area contributed by atoms with Crippen molar-refractivity contribution in [2.24, 2.45) is 0 Å². The molecule has 0 atom stereocenters. The van der Waals surface area contributed by atoms with Gasteiger partial charge in [0.05, 0.1) is 22.0 Å². The zero-order chi connectivity index (χ0) is 16.4. The van der Waals surface area contributed by atoms with Gasteiger partial charge in [0, 0.05) is 12.2 Å². The Kier molecular flexibility index (Phi) is 4.61. The third-order valence-corrected chi connectivity index (χ3v) is 5.50. The minimum Gasteiger partial charge on any atom is -0.349 e. The Hall–Kier alpha value is -1.95. The molecule has 0 spiro atoms. The summed E-state index contributed by atoms with van der Waals surface area (Å²) in [7, 11) is 0. The number of carbonyl (C=O) groups excluding carboxylic acids is 2. The summed E-state index contributed by atoms with van der Waals surface area (Å²) in [5.74, 6) is -0.0649. The molecule has 1 amide bonds. The highest BCUT2D eigenvalue weighted by atomic mass is 32.1. The number of hydrogen-bond donors (Lipinski definition) is 1. The van der Waals surface area contributed by atoms with E-state index in [0.29, 0.717) is 15.8 Å². The standard InChI is InChI=1S/C17H21N3O2S/c1-11-9-18-20(10-11)14-5-3-13(4-6-14)19-17(22)16-8-7-15(23-16)12(2)21/h7-10,13-14H,3-6H2,1-2H3,(H,19,22). The van der Waals surface area contributed by atoms with Gasteiger partial charge in [0.25, 0.3) is 5.91 Å². The molecular formula is C17H21N3O2S. The molecule has 0 unspecified atom stereocenters. The first-order chi connectivity index (χ1) is 11.0. The molecule has 23 heavy (non-hydrogen) atoms. The lowest BCUT2D eigenvalue weighted by atomic mass is 9.91. The minimum absolute atomic E-state index is 0.00377. The van der Waals surface area contributed by atoms with Crippen LogP contribution in [0.5, 0.6) is 0 Å². The Morgan fingerprint density at radius 3 is 2.48 bits per heavy atom. The number of aryl methyl sites for hydroxylation is 1. The molecule has 0 aliphatic heterocycles. The molecule has 1 aliphatic carbocycles. The molecule has 122 valence electrons. The zero-order valence-corrected chi connectivity index (χ0v) is 14.2. The fourth-order valence-electron chi connectivity index (χ4n) is 3.02. The fourth-order valence-corrected chi connectivity index (χ4v) is 3.83. The minimum atomic E-state index is -0.0686. The molecule has 1 aliphatic rings. The van der Waals surface area contributed by atoms with Crippen LogP contribution in [0.1, 0.15) is 63.6 Å². The van der Waals surface area contributed by atoms with E-state index in [4.69, 9.17) is 0 Å². The number of Topliss-reactive ketones (excluding diaryl/α,β-unsaturated/α-hetero) is 1. The maximum Gasteiger partial charge on any atom is 0.261 e. The van der Waals surface area contributed by atoms with Gasteiger partial charge in [0.1, 0.15) is 0 Å². The van der Waals surface area contributed by atoms with Crippen molar-refractivity contribution < 1.29 is 9.59 Å². The Balaban J connectivity index is 1.53. The van der Waals surface area contributed by atoms with Crippen LogP contribution >= 0.6 is 11.3 Å². The second-order valence-electron chi connectivity index (χ2n) is 6.20. The van der Waals surface area contributed by atoms with Gasteiger partial charge in [-0.25, -0.2) is 0 Å². The number of hydrogen-bond acceptors (Lipinski definition) is 4. The molecule has 0 bridgehead atoms. The Bertz CT molecular complexity index is 711. The number of ketones is 1. The summed E-state index contributed by atoms with van der Waals surface area (Å²) in [6.45, 7) is 3.57. The lowest BCUT2D eigenvalue weighted by molar-refractivity contribution is 0.0925. The smallest absolute Gasteiger partial charge is 0.261 e. The van der Waals surface area contributed by atoms with Crippen LogP contribution in [0.4, 0.5) is 0 Å². The average molecular weight is 331 g/mol. The van der Waals surface area contributed by atoms with Crippen LogP contribution in [0.2, 0.25) is 0 Å². The lowest BCUT2D eigenvalue weighted by Crippen LogP contribution is -2.37. The Morgan fingerprint density at radius 2 is 1.91 bits per heavy atom. The molecule has 1 N–H and O–H groups in total. The largest absolute Gasteiger partial charge is 0.349 e. The molecular weight excluding hydrogens is 310 g/mol. The molecule has 2 aromatic rings. The van der Waals surface area contributed by atoms with Gasteiger partial charge in [-0.15, -0.1) is 11.3 Å². The Labute approximate surface area is 139 Å². The van der Waals surface area contributed by atoms with Crippen molar-refractivity contribution in [3.8, 4) is 0 Å². The highest BCUT2D eigenvalue weighted by molar-refractivity contribution is 7.15. The normalized spacial score (nSPS) is 21.1. The van der Waals surface area contributed by atoms with Crippen molar-refractivity contribution in [2.45, 2.75) is 51.6 Å². The fraction of sp³-hybridized carbons (Fsp3) is 0.471. The third-order valence-electron chi connectivity index (χ3n) is 4.31. The van der Waals surface area contributed by atoms with Gasteiger partial charge >= 0.3 is 0 Å². The highest BCUT2D eigenvalue weighted by Gasteiger charge is 2.24. The van der Waals surface area contributed by atoms with Gasteiger partial charge in [-0.05, 0) is 57.2 Å². The predicted octanol–water partition coefficient (Wildman–Crippen LogP) is 3.37. The molecule has 0 saturated heterocycles. The summed E-state index contributed by atoms with van der Waals surface area (Å²) in [4.78, 5) is 24.8. The van der Waals surface area contributed by atoms with Gasteiger partial charge in [-0.1, -0.05) is 0 Å². The molecule has 2 aromatic heterocycles. The van der Waals surface area contributed by atoms with E-state index in [-0.39, 0.29) is 17.7 Å². The topological polar surface area (TPSA) is 64.0 Å². The average Bonchev–Trinajstić information content (AvgIpc) is 3.17. The number of thiophene rings is 1. The van der Waals surface area contributed by atoms with Gasteiger partial charge in [-0.2, -0.15) is 5.10 Å². The maximum atomic E-state index is 12.3. The molecule has 3 rings (SSSR count). The number of nitrogens with zero attached hydrogens (tertiary/aromatic N) is 2. The first-order valence-electron chi connectivity index (χ1n) is 7.95. The van der Waals surface area contributed by atoms with Crippen LogP contribution in [0.3, 0.4) is 0 Å². The molecule has 1 fully saturated rings. The van der Waals surface area contributed by atoms with Crippen LogP contribution < -0.4 is 5.32 Å². The van der Waals surface area contributed by atoms with E-state index in [1.165, 1.54) is 23.8 Å². The summed E-state index contributed by atoms with van der Waals surface area (Å²) in [5, 5.41) is 7.49. The highest BCUT2D eigenvalue weighted by Crippen LogP contribution is 2.28. The van der Waals surface area contributed by atoms with Crippen LogP contribution in [0, 0.1) is 6.92 Å². The summed E-state index contributed by atoms with van der Waals surface area (Å²) in [6, 6.07) is 4.09. The van der Waals surface area contributed by atoms with Crippen molar-refractivity contribution >= 4 is 23.0 Å². The SMILES string of the molecule is CC(=O)c1ccc(C(=O)NC2CCC(n3cc(C)cn3)CC2)s1. The Morgan fingerprint density at radius 1 is 1.22 bits per heavy atom. The number of aromatic nitrogens is 2. The van der Waals surface area contributed by atoms with Gasteiger partial charge < -0.3 is 5.32 Å². The van der Waals surface area contributed by atoms with Gasteiger partial charge in [0.15, 0.2) is 5.78 Å². The maximum absolute atomic E-state index is 12.3. The lowest BCUT2D eigenvalue weighted by Gasteiger charge is -2.29. The van der Waals surface area contributed by atoms with Crippen molar-refractivity contribution in [2.75, 3.05) is 0 Å². The molecule has 2 heterocycles. The molecule has 0 radical (unpaired) electrons. The second-order valence-corrected chi connectivity index (χ2v) is 7.28. The van der Waals surface area contributed by atoms with E-state index in [9.17, 15) is 9.59 Å². The monoisotopic (exact) mass is 331 g/mol. The summed E-state index contributed by atoms with van der Waals surface area (Å²) < 4.78 is 2.05. The molecule has 1 saturated carbocycles. The first-order valence-corrected chi connectivity index (χ1v) is 8.77. The van der Waals surface area contributed by atoms with Crippen molar-refractivity contribution in [3.63, 3.8) is 0 Å². The van der Waals surface area contributed by atoms with Crippen LogP contribution in [0.15, 0.2) is 24.5 Å². The quantitative estimate of drug-likeness (QED) is 0.874. The van der Waals surface area contributed by atoms with Crippen LogP contribution in [0.25, 0.3) is 0 Å². The van der Waals surface area contributed by atoms with E-state index in [1.807, 2.05) is 17.8 Å². The van der Waals surface area contributed by atoms with Gasteiger partial charge in [-0.3, -0.25) is 14.3 Å². The molecule has 6 heteroatoms. The number of carbonyl (C=O) groups is 2. The van der Waals surface area contributed by atoms with E-state index in [2.05, 4.69) is 16.6 Å². The van der Waals surface area contributed by atoms with Crippen molar-refractivity contribution in [3.05, 3.63) is 39.8 Å². The zero-order valence-electron chi connectivity index (χ0n) is 13.4. The summed E-state index contributed by atoms with van der Waals surface area (Å²) in [5.41, 5.74) is 1.18. The van der Waals surface area contributed by atoms with Gasteiger partial charge in [0.2, 0.25) is 0 Å². The molecule has 0 aromatic carbocycles. The van der Waals surface area contributed by atoms with E-state index < -0.39 is 0 Å². The van der Waals surface area contributed by atoms with Crippen molar-refractivity contribution in [1.29, 1.82) is 0 Å². The number of rotatable bonds is 4. The van der Waals surface area contributed by atoms with Crippen LogP contribution in [-0.4, -0.2) is 27.5 Å². The molecule has 5 nitrogen and oxygen atoms in total. The van der Waals surface area contributed by atoms with E-state index in [0.717, 1.165) is 25.7 Å². The van der Waals surface area contributed by atoms with E-state index >= 15 is 0 Å². The third kappa shape index (κ3) is 3.69. The van der Waals surface area contributed by atoms with Crippen molar-refractivity contribution in [1.82, 2.24) is 15.1 Å².